The molecule has 2 aromatic carbocycles. The van der Waals surface area contributed by atoms with Gasteiger partial charge in [-0.25, -0.2) is 4.79 Å². The van der Waals surface area contributed by atoms with Crippen LogP contribution in [0.5, 0.6) is 17.2 Å². The minimum atomic E-state index is -0.280. The van der Waals surface area contributed by atoms with Crippen LogP contribution in [0.2, 0.25) is 0 Å². The van der Waals surface area contributed by atoms with Gasteiger partial charge >= 0.3 is 6.09 Å². The number of rotatable bonds is 3. The fourth-order valence-electron chi connectivity index (χ4n) is 3.51. The predicted octanol–water partition coefficient (Wildman–Crippen LogP) is 3.76. The van der Waals surface area contributed by atoms with E-state index in [-0.39, 0.29) is 12.1 Å². The Morgan fingerprint density at radius 1 is 0.840 bits per heavy atom. The van der Waals surface area contributed by atoms with Crippen molar-refractivity contribution in [2.45, 2.75) is 18.9 Å². The zero-order chi connectivity index (χ0) is 17.1. The van der Waals surface area contributed by atoms with E-state index in [1.54, 1.807) is 6.07 Å². The van der Waals surface area contributed by atoms with Crippen molar-refractivity contribution in [1.29, 1.82) is 0 Å². The van der Waals surface area contributed by atoms with E-state index in [2.05, 4.69) is 4.90 Å². The molecule has 3 aliphatic rings. The average Bonchev–Trinajstić information content (AvgIpc) is 2.98. The highest BCUT2D eigenvalue weighted by atomic mass is 16.6. The van der Waals surface area contributed by atoms with Gasteiger partial charge in [0.05, 0.1) is 0 Å². The molecule has 2 aromatic rings. The van der Waals surface area contributed by atoms with Gasteiger partial charge in [0.1, 0.15) is 5.75 Å². The molecule has 3 aliphatic heterocycles. The first-order chi connectivity index (χ1) is 12.3. The number of hydrogen-bond donors (Lipinski definition) is 0. The van der Waals surface area contributed by atoms with E-state index in [9.17, 15) is 4.79 Å². The lowest BCUT2D eigenvalue weighted by Gasteiger charge is -2.30. The number of benzene rings is 2. The van der Waals surface area contributed by atoms with E-state index in [1.165, 1.54) is 0 Å². The molecule has 0 N–H and O–H groups in total. The largest absolute Gasteiger partial charge is 0.453 e. The maximum Gasteiger partial charge on any atom is 0.415 e. The van der Waals surface area contributed by atoms with Crippen molar-refractivity contribution < 1.29 is 14.3 Å². The summed E-state index contributed by atoms with van der Waals surface area (Å²) in [6, 6.07) is 17.1. The molecule has 3 saturated heterocycles. The lowest BCUT2D eigenvalue weighted by molar-refractivity contribution is 0.130. The summed E-state index contributed by atoms with van der Waals surface area (Å²) < 4.78 is 11.6. The van der Waals surface area contributed by atoms with E-state index in [0.717, 1.165) is 39.0 Å². The fourth-order valence-corrected chi connectivity index (χ4v) is 3.51. The van der Waals surface area contributed by atoms with Gasteiger partial charge in [-0.15, -0.1) is 0 Å². The molecule has 0 spiro atoms. The number of carbonyl (C=O) groups excluding carboxylic acids is 1. The molecule has 3 fully saturated rings. The number of piperidine rings is 1. The molecular formula is C20H22N2O3. The molecule has 0 atom stereocenters. The van der Waals surface area contributed by atoms with E-state index in [0.29, 0.717) is 17.2 Å². The molecule has 25 heavy (non-hydrogen) atoms. The maximum atomic E-state index is 12.7. The zero-order valence-corrected chi connectivity index (χ0v) is 14.1. The molecular weight excluding hydrogens is 316 g/mol. The summed E-state index contributed by atoms with van der Waals surface area (Å²) in [6.07, 6.45) is 1.77. The summed E-state index contributed by atoms with van der Waals surface area (Å²) >= 11 is 0. The molecule has 0 radical (unpaired) electrons. The third kappa shape index (κ3) is 3.61. The van der Waals surface area contributed by atoms with Crippen LogP contribution in [0.25, 0.3) is 0 Å². The molecule has 3 heterocycles. The Kier molecular flexibility index (Phi) is 4.57. The third-order valence-electron chi connectivity index (χ3n) is 4.91. The molecule has 5 nitrogen and oxygen atoms in total. The normalized spacial score (nSPS) is 22.3. The number of nitrogens with zero attached hydrogens (tertiary/aromatic N) is 2. The first kappa shape index (κ1) is 16.0. The van der Waals surface area contributed by atoms with E-state index in [4.69, 9.17) is 9.47 Å². The number of hydrogen-bond acceptors (Lipinski definition) is 4. The minimum Gasteiger partial charge on any atom is -0.453 e. The summed E-state index contributed by atoms with van der Waals surface area (Å²) in [7, 11) is 0. The number of carbonyl (C=O) groups is 1. The van der Waals surface area contributed by atoms with Crippen molar-refractivity contribution in [2.75, 3.05) is 26.2 Å². The molecule has 5 rings (SSSR count). The molecule has 0 aliphatic carbocycles. The standard InChI is InChI=1S/C20H22N2O3/c23-20(22-15-14-21-12-10-16(22)11-13-21)25-19-9-5-4-8-18(19)24-17-6-2-1-3-7-17/h1-9,16H,10-15H2. The van der Waals surface area contributed by atoms with Crippen LogP contribution in [0.4, 0.5) is 4.79 Å². The van der Waals surface area contributed by atoms with Gasteiger partial charge in [-0.2, -0.15) is 0 Å². The molecule has 1 amide bonds. The lowest BCUT2D eigenvalue weighted by atomic mass is 10.1. The van der Waals surface area contributed by atoms with Crippen LogP contribution in [0.3, 0.4) is 0 Å². The summed E-state index contributed by atoms with van der Waals surface area (Å²) in [5.74, 6) is 1.72. The van der Waals surface area contributed by atoms with E-state index in [1.807, 2.05) is 53.4 Å². The second kappa shape index (κ2) is 7.15. The second-order valence-corrected chi connectivity index (χ2v) is 6.50. The van der Waals surface area contributed by atoms with Gasteiger partial charge in [0, 0.05) is 32.2 Å². The first-order valence-corrected chi connectivity index (χ1v) is 8.82. The Morgan fingerprint density at radius 2 is 1.52 bits per heavy atom. The molecule has 5 heteroatoms. The van der Waals surface area contributed by atoms with Crippen molar-refractivity contribution in [1.82, 2.24) is 9.80 Å². The summed E-state index contributed by atoms with van der Waals surface area (Å²) in [6.45, 7) is 3.79. The topological polar surface area (TPSA) is 42.0 Å². The number of ether oxygens (including phenoxy) is 2. The summed E-state index contributed by atoms with van der Waals surface area (Å²) in [5, 5.41) is 0. The molecule has 2 bridgehead atoms. The first-order valence-electron chi connectivity index (χ1n) is 8.82. The van der Waals surface area contributed by atoms with Crippen molar-refractivity contribution in [3.63, 3.8) is 0 Å². The smallest absolute Gasteiger partial charge is 0.415 e. The summed E-state index contributed by atoms with van der Waals surface area (Å²) in [5.41, 5.74) is 0. The van der Waals surface area contributed by atoms with Crippen molar-refractivity contribution >= 4 is 6.09 Å². The minimum absolute atomic E-state index is 0.280. The summed E-state index contributed by atoms with van der Waals surface area (Å²) in [4.78, 5) is 17.0. The number of amides is 1. The fraction of sp³-hybridized carbons (Fsp3) is 0.350. The van der Waals surface area contributed by atoms with Gasteiger partial charge < -0.3 is 19.3 Å². The maximum absolute atomic E-state index is 12.7. The van der Waals surface area contributed by atoms with Gasteiger partial charge in [-0.05, 0) is 37.1 Å². The lowest BCUT2D eigenvalue weighted by Crippen LogP contribution is -2.43. The Morgan fingerprint density at radius 3 is 2.28 bits per heavy atom. The van der Waals surface area contributed by atoms with E-state index >= 15 is 0 Å². The second-order valence-electron chi connectivity index (χ2n) is 6.50. The highest BCUT2D eigenvalue weighted by Gasteiger charge is 2.33. The van der Waals surface area contributed by atoms with Crippen LogP contribution in [-0.4, -0.2) is 48.1 Å². The van der Waals surface area contributed by atoms with E-state index < -0.39 is 0 Å². The molecule has 0 unspecified atom stereocenters. The van der Waals surface area contributed by atoms with Crippen LogP contribution in [-0.2, 0) is 0 Å². The van der Waals surface area contributed by atoms with Gasteiger partial charge in [0.15, 0.2) is 11.5 Å². The van der Waals surface area contributed by atoms with Crippen LogP contribution in [0.1, 0.15) is 12.8 Å². The Bertz CT molecular complexity index is 727. The Labute approximate surface area is 147 Å². The quantitative estimate of drug-likeness (QED) is 0.855. The van der Waals surface area contributed by atoms with Crippen molar-refractivity contribution in [3.05, 3.63) is 54.6 Å². The van der Waals surface area contributed by atoms with Crippen molar-refractivity contribution in [2.24, 2.45) is 0 Å². The van der Waals surface area contributed by atoms with Gasteiger partial charge in [0.2, 0.25) is 0 Å². The molecule has 0 saturated carbocycles. The number of fused-ring (bicyclic) bond motifs is 4. The highest BCUT2D eigenvalue weighted by molar-refractivity contribution is 5.72. The monoisotopic (exact) mass is 338 g/mol. The van der Waals surface area contributed by atoms with Gasteiger partial charge in [-0.3, -0.25) is 0 Å². The Hall–Kier alpha value is -2.53. The molecule has 130 valence electrons. The van der Waals surface area contributed by atoms with Crippen LogP contribution < -0.4 is 9.47 Å². The number of para-hydroxylation sites is 3. The van der Waals surface area contributed by atoms with Crippen LogP contribution in [0, 0.1) is 0 Å². The van der Waals surface area contributed by atoms with Crippen LogP contribution in [0.15, 0.2) is 54.6 Å². The SMILES string of the molecule is O=C(Oc1ccccc1Oc1ccccc1)N1CCN2CCC1CC2. The van der Waals surface area contributed by atoms with Crippen LogP contribution >= 0.6 is 0 Å². The zero-order valence-electron chi connectivity index (χ0n) is 14.1. The van der Waals surface area contributed by atoms with Crippen molar-refractivity contribution in [3.8, 4) is 17.2 Å². The Balaban J connectivity index is 1.49. The van der Waals surface area contributed by atoms with Gasteiger partial charge in [-0.1, -0.05) is 30.3 Å². The highest BCUT2D eigenvalue weighted by Crippen LogP contribution is 2.32. The molecule has 0 aromatic heterocycles. The average molecular weight is 338 g/mol. The van der Waals surface area contributed by atoms with Gasteiger partial charge in [0.25, 0.3) is 0 Å². The predicted molar refractivity (Wildman–Crippen MR) is 95.2 cm³/mol. The third-order valence-corrected chi connectivity index (χ3v) is 4.91.